The average molecular weight is 411 g/mol. The summed E-state index contributed by atoms with van der Waals surface area (Å²) in [5, 5.41) is 20.4. The third-order valence-corrected chi connectivity index (χ3v) is 6.30. The monoisotopic (exact) mass is 410 g/mol. The molecule has 0 amide bonds. The van der Waals surface area contributed by atoms with Crippen LogP contribution < -0.4 is 5.11 Å². The van der Waals surface area contributed by atoms with Gasteiger partial charge in [-0.3, -0.25) is 4.48 Å². The van der Waals surface area contributed by atoms with E-state index in [1.165, 1.54) is 83.5 Å². The van der Waals surface area contributed by atoms with Crippen molar-refractivity contribution < 1.29 is 19.5 Å². The molecule has 0 saturated heterocycles. The Morgan fingerprint density at radius 2 is 1.41 bits per heavy atom. The van der Waals surface area contributed by atoms with E-state index in [4.69, 9.17) is 5.11 Å². The fourth-order valence-corrected chi connectivity index (χ4v) is 4.55. The van der Waals surface area contributed by atoms with Crippen molar-refractivity contribution in [3.05, 3.63) is 0 Å². The maximum Gasteiger partial charge on any atom is 0.198 e. The van der Waals surface area contributed by atoms with Crippen molar-refractivity contribution in [2.75, 3.05) is 32.8 Å². The zero-order valence-corrected chi connectivity index (χ0v) is 19.0. The molecule has 0 saturated carbocycles. The first-order valence-electron chi connectivity index (χ1n) is 12.4. The Morgan fingerprint density at radius 3 is 1.90 bits per heavy atom. The van der Waals surface area contributed by atoms with Crippen molar-refractivity contribution >= 4 is 11.8 Å². The molecule has 1 aliphatic heterocycles. The van der Waals surface area contributed by atoms with E-state index in [1.54, 1.807) is 0 Å². The lowest BCUT2D eigenvalue weighted by Crippen LogP contribution is -2.57. The van der Waals surface area contributed by atoms with Gasteiger partial charge in [0.05, 0.1) is 19.1 Å². The van der Waals surface area contributed by atoms with E-state index in [2.05, 4.69) is 11.9 Å². The van der Waals surface area contributed by atoms with Crippen LogP contribution in [0.25, 0.3) is 0 Å². The van der Waals surface area contributed by atoms with Gasteiger partial charge in [-0.15, -0.1) is 0 Å². The fraction of sp³-hybridized carbons (Fsp3) is 0.917. The number of carboxylic acid groups (broad SMARTS) is 1. The lowest BCUT2D eigenvalue weighted by Gasteiger charge is -2.35. The Hall–Kier alpha value is -0.940. The molecule has 1 heterocycles. The maximum absolute atomic E-state index is 11.2. The van der Waals surface area contributed by atoms with Crippen LogP contribution in [0.4, 0.5) is 0 Å². The first kappa shape index (κ1) is 26.1. The zero-order chi connectivity index (χ0) is 21.2. The number of aliphatic imine (C=N–C) groups is 1. The molecule has 1 atom stereocenters. The van der Waals surface area contributed by atoms with Gasteiger partial charge in [-0.1, -0.05) is 90.4 Å². The third kappa shape index (κ3) is 11.7. The molecule has 0 radical (unpaired) electrons. The van der Waals surface area contributed by atoms with E-state index in [9.17, 15) is 9.90 Å². The van der Waals surface area contributed by atoms with Crippen molar-refractivity contribution in [1.82, 2.24) is 0 Å². The van der Waals surface area contributed by atoms with Crippen LogP contribution in [-0.4, -0.2) is 54.2 Å². The number of hydrogen-bond acceptors (Lipinski definition) is 4. The van der Waals surface area contributed by atoms with Gasteiger partial charge in [0.1, 0.15) is 13.1 Å². The summed E-state index contributed by atoms with van der Waals surface area (Å²) in [5.74, 6) is 0.0000795. The van der Waals surface area contributed by atoms with Gasteiger partial charge in [0.25, 0.3) is 0 Å². The van der Waals surface area contributed by atoms with Crippen LogP contribution in [0.15, 0.2) is 4.99 Å². The van der Waals surface area contributed by atoms with Gasteiger partial charge >= 0.3 is 0 Å². The molecule has 0 fully saturated rings. The Balaban J connectivity index is 2.05. The molecule has 29 heavy (non-hydrogen) atoms. The minimum absolute atomic E-state index is 0.00254. The Labute approximate surface area is 179 Å². The minimum Gasteiger partial charge on any atom is -0.544 e. The predicted molar refractivity (Wildman–Crippen MR) is 119 cm³/mol. The van der Waals surface area contributed by atoms with Crippen molar-refractivity contribution in [2.24, 2.45) is 4.99 Å². The van der Waals surface area contributed by atoms with Crippen LogP contribution in [0.3, 0.4) is 0 Å². The molecule has 0 bridgehead atoms. The summed E-state index contributed by atoms with van der Waals surface area (Å²) in [6, 6.07) is 0. The van der Waals surface area contributed by atoms with Crippen LogP contribution in [0.2, 0.25) is 0 Å². The van der Waals surface area contributed by atoms with E-state index < -0.39 is 5.97 Å². The second kappa shape index (κ2) is 16.8. The number of unbranched alkanes of at least 4 members (excludes halogenated alkanes) is 13. The molecule has 0 aromatic rings. The van der Waals surface area contributed by atoms with E-state index in [0.717, 1.165) is 25.2 Å². The fourth-order valence-electron chi connectivity index (χ4n) is 4.55. The number of hydrogen-bond donors (Lipinski definition) is 1. The quantitative estimate of drug-likeness (QED) is 0.241. The van der Waals surface area contributed by atoms with E-state index in [0.29, 0.717) is 24.0 Å². The van der Waals surface area contributed by atoms with E-state index in [-0.39, 0.29) is 13.2 Å². The molecule has 5 heteroatoms. The van der Waals surface area contributed by atoms with Crippen LogP contribution in [0.1, 0.15) is 110 Å². The van der Waals surface area contributed by atoms with Gasteiger partial charge in [0.15, 0.2) is 5.84 Å². The molecule has 170 valence electrons. The molecule has 0 aromatic carbocycles. The predicted octanol–water partition coefficient (Wildman–Crippen LogP) is 4.22. The second-order valence-electron chi connectivity index (χ2n) is 8.84. The number of rotatable bonds is 20. The molecule has 1 aliphatic rings. The van der Waals surface area contributed by atoms with Crippen LogP contribution >= 0.6 is 0 Å². The molecule has 1 rings (SSSR count). The zero-order valence-electron chi connectivity index (χ0n) is 19.0. The number of carboxylic acids is 1. The Kier molecular flexibility index (Phi) is 15.1. The third-order valence-electron chi connectivity index (χ3n) is 6.30. The molecule has 1 unspecified atom stereocenters. The number of carbonyl (C=O) groups is 1. The van der Waals surface area contributed by atoms with Crippen LogP contribution in [-0.2, 0) is 4.79 Å². The lowest BCUT2D eigenvalue weighted by molar-refractivity contribution is -0.831. The highest BCUT2D eigenvalue weighted by Crippen LogP contribution is 2.21. The molecule has 0 aromatic heterocycles. The number of aliphatic hydroxyl groups excluding tert-OH is 1. The number of carbonyl (C=O) groups excluding carboxylic acids is 1. The summed E-state index contributed by atoms with van der Waals surface area (Å²) < 4.78 is 0.404. The summed E-state index contributed by atoms with van der Waals surface area (Å²) in [6.07, 6.45) is 20.3. The highest BCUT2D eigenvalue weighted by atomic mass is 16.4. The van der Waals surface area contributed by atoms with Crippen molar-refractivity contribution in [1.29, 1.82) is 0 Å². The van der Waals surface area contributed by atoms with Gasteiger partial charge in [0.2, 0.25) is 0 Å². The number of quaternary nitrogens is 1. The lowest BCUT2D eigenvalue weighted by atomic mass is 10.0. The molecule has 0 aliphatic carbocycles. The van der Waals surface area contributed by atoms with Gasteiger partial charge in [-0.05, 0) is 6.42 Å². The number of aliphatic hydroxyl groups is 1. The molecular weight excluding hydrogens is 364 g/mol. The summed E-state index contributed by atoms with van der Waals surface area (Å²) in [7, 11) is 0. The summed E-state index contributed by atoms with van der Waals surface area (Å²) in [4.78, 5) is 15.8. The highest BCUT2D eigenvalue weighted by molar-refractivity contribution is 5.79. The normalized spacial score (nSPS) is 18.9. The summed E-state index contributed by atoms with van der Waals surface area (Å²) >= 11 is 0. The Bertz CT molecular complexity index is 453. The largest absolute Gasteiger partial charge is 0.544 e. The maximum atomic E-state index is 11.2. The van der Waals surface area contributed by atoms with Gasteiger partial charge in [-0.25, -0.2) is 4.99 Å². The van der Waals surface area contributed by atoms with Crippen molar-refractivity contribution in [3.8, 4) is 0 Å². The SMILES string of the molecule is CCCCCCCCCCCCCCCCC1=NCC[N+]1(CCCO)CC(=O)[O-]. The first-order valence-corrected chi connectivity index (χ1v) is 12.4. The second-order valence-corrected chi connectivity index (χ2v) is 8.84. The molecular formula is C24H46N2O3. The average Bonchev–Trinajstić information content (AvgIpc) is 3.08. The first-order chi connectivity index (χ1) is 14.1. The van der Waals surface area contributed by atoms with Gasteiger partial charge < -0.3 is 15.0 Å². The van der Waals surface area contributed by atoms with Gasteiger partial charge in [-0.2, -0.15) is 0 Å². The van der Waals surface area contributed by atoms with E-state index >= 15 is 0 Å². The molecule has 0 spiro atoms. The number of aliphatic carboxylic acids is 1. The highest BCUT2D eigenvalue weighted by Gasteiger charge is 2.37. The Morgan fingerprint density at radius 1 is 0.897 bits per heavy atom. The molecule has 5 nitrogen and oxygen atoms in total. The number of amidine groups is 1. The van der Waals surface area contributed by atoms with Crippen LogP contribution in [0, 0.1) is 0 Å². The standard InChI is InChI=1S/C24H46N2O3/c1-2-3-4-5-6-7-8-9-10-11-12-13-14-15-17-23-25-18-20-26(23,19-16-21-27)22-24(28)29/h27H,2-22H2,1H3. The van der Waals surface area contributed by atoms with Crippen molar-refractivity contribution in [3.63, 3.8) is 0 Å². The number of nitrogens with zero attached hydrogens (tertiary/aromatic N) is 2. The minimum atomic E-state index is -1.02. The van der Waals surface area contributed by atoms with Crippen LogP contribution in [0.5, 0.6) is 0 Å². The molecule has 1 N–H and O–H groups in total. The topological polar surface area (TPSA) is 72.7 Å². The van der Waals surface area contributed by atoms with E-state index in [1.807, 2.05) is 0 Å². The summed E-state index contributed by atoms with van der Waals surface area (Å²) in [6.45, 7) is 4.46. The smallest absolute Gasteiger partial charge is 0.198 e. The van der Waals surface area contributed by atoms with Gasteiger partial charge in [0, 0.05) is 19.4 Å². The van der Waals surface area contributed by atoms with Crippen molar-refractivity contribution in [2.45, 2.75) is 110 Å². The summed E-state index contributed by atoms with van der Waals surface area (Å²) in [5.41, 5.74) is 0.